The number of nitrogens with one attached hydrogen (secondary N) is 1. The zero-order valence-corrected chi connectivity index (χ0v) is 23.9. The van der Waals surface area contributed by atoms with Crippen LogP contribution in [-0.4, -0.2) is 50.5 Å². The zero-order valence-electron chi connectivity index (χ0n) is 20.8. The van der Waals surface area contributed by atoms with Crippen molar-refractivity contribution in [1.82, 2.24) is 10.2 Å². The molecule has 2 aromatic carbocycles. The van der Waals surface area contributed by atoms with Gasteiger partial charge in [-0.15, -0.1) is 0 Å². The summed E-state index contributed by atoms with van der Waals surface area (Å²) in [6.45, 7) is 6.28. The van der Waals surface area contributed by atoms with Crippen LogP contribution in [0.1, 0.15) is 39.2 Å². The normalized spacial score (nSPS) is 12.3. The maximum absolute atomic E-state index is 13.3. The first-order valence-corrected chi connectivity index (χ1v) is 14.5. The van der Waals surface area contributed by atoms with Crippen LogP contribution < -0.4 is 9.62 Å². The summed E-state index contributed by atoms with van der Waals surface area (Å²) >= 11 is 18.6. The predicted molar refractivity (Wildman–Crippen MR) is 147 cm³/mol. The van der Waals surface area contributed by atoms with Crippen molar-refractivity contribution in [2.75, 3.05) is 23.7 Å². The topological polar surface area (TPSA) is 86.8 Å². The standard InChI is InChI=1S/C25H32Cl3N3O4S/c1-17(2)15-29-25(33)18(3)30(16-19-8-5-6-9-21(19)27)24(32)10-7-13-31(36(4,34)35)23-14-20(26)11-12-22(23)28/h5-6,8-9,11-12,14,17-18H,7,10,13,15-16H2,1-4H3,(H,29,33). The van der Waals surface area contributed by atoms with Gasteiger partial charge in [0, 0.05) is 36.1 Å². The fourth-order valence-corrected chi connectivity index (χ4v) is 5.11. The smallest absolute Gasteiger partial charge is 0.242 e. The van der Waals surface area contributed by atoms with Gasteiger partial charge in [-0.3, -0.25) is 13.9 Å². The number of rotatable bonds is 12. The molecule has 1 unspecified atom stereocenters. The highest BCUT2D eigenvalue weighted by molar-refractivity contribution is 7.92. The van der Waals surface area contributed by atoms with E-state index in [1.807, 2.05) is 19.9 Å². The number of hydrogen-bond donors (Lipinski definition) is 1. The van der Waals surface area contributed by atoms with E-state index in [4.69, 9.17) is 34.8 Å². The third kappa shape index (κ3) is 8.83. The van der Waals surface area contributed by atoms with E-state index in [-0.39, 0.29) is 54.4 Å². The van der Waals surface area contributed by atoms with Crippen LogP contribution in [0.3, 0.4) is 0 Å². The highest BCUT2D eigenvalue weighted by atomic mass is 35.5. The monoisotopic (exact) mass is 575 g/mol. The van der Waals surface area contributed by atoms with Gasteiger partial charge < -0.3 is 10.2 Å². The molecule has 0 aromatic heterocycles. The Morgan fingerprint density at radius 1 is 1.00 bits per heavy atom. The van der Waals surface area contributed by atoms with Gasteiger partial charge >= 0.3 is 0 Å². The molecule has 0 saturated heterocycles. The first-order valence-electron chi connectivity index (χ1n) is 11.5. The summed E-state index contributed by atoms with van der Waals surface area (Å²) in [4.78, 5) is 27.6. The number of sulfonamides is 1. The number of carbonyl (C=O) groups excluding carboxylic acids is 2. The molecule has 7 nitrogen and oxygen atoms in total. The molecular formula is C25H32Cl3N3O4S. The van der Waals surface area contributed by atoms with Crippen molar-refractivity contribution in [1.29, 1.82) is 0 Å². The van der Waals surface area contributed by atoms with E-state index in [1.165, 1.54) is 17.0 Å². The van der Waals surface area contributed by atoms with Crippen LogP contribution in [-0.2, 0) is 26.2 Å². The van der Waals surface area contributed by atoms with Gasteiger partial charge in [0.15, 0.2) is 0 Å². The van der Waals surface area contributed by atoms with Gasteiger partial charge in [0.1, 0.15) is 6.04 Å². The summed E-state index contributed by atoms with van der Waals surface area (Å²) < 4.78 is 26.1. The van der Waals surface area contributed by atoms with Gasteiger partial charge in [-0.2, -0.15) is 0 Å². The second-order valence-electron chi connectivity index (χ2n) is 8.96. The molecule has 0 aliphatic rings. The molecule has 0 aliphatic heterocycles. The van der Waals surface area contributed by atoms with Crippen LogP contribution in [0.4, 0.5) is 5.69 Å². The van der Waals surface area contributed by atoms with Crippen LogP contribution in [0, 0.1) is 5.92 Å². The van der Waals surface area contributed by atoms with Crippen molar-refractivity contribution >= 4 is 62.3 Å². The number of anilines is 1. The van der Waals surface area contributed by atoms with Crippen LogP contribution >= 0.6 is 34.8 Å². The molecule has 198 valence electrons. The van der Waals surface area contributed by atoms with Gasteiger partial charge in [-0.25, -0.2) is 8.42 Å². The summed E-state index contributed by atoms with van der Waals surface area (Å²) in [5.41, 5.74) is 0.952. The van der Waals surface area contributed by atoms with Gasteiger partial charge in [0.2, 0.25) is 21.8 Å². The molecule has 0 bridgehead atoms. The molecule has 0 heterocycles. The first-order chi connectivity index (χ1) is 16.8. The fourth-order valence-electron chi connectivity index (χ4n) is 3.50. The molecule has 2 rings (SSSR count). The molecule has 36 heavy (non-hydrogen) atoms. The van der Waals surface area contributed by atoms with Crippen LogP contribution in [0.2, 0.25) is 15.1 Å². The van der Waals surface area contributed by atoms with Crippen LogP contribution in [0.5, 0.6) is 0 Å². The largest absolute Gasteiger partial charge is 0.354 e. The Balaban J connectivity index is 2.21. The zero-order chi connectivity index (χ0) is 27.0. The predicted octanol–water partition coefficient (Wildman–Crippen LogP) is 5.38. The molecule has 0 saturated carbocycles. The van der Waals surface area contributed by atoms with Gasteiger partial charge in [0.25, 0.3) is 0 Å². The molecule has 2 amide bonds. The number of nitrogens with zero attached hydrogens (tertiary/aromatic N) is 2. The van der Waals surface area contributed by atoms with Crippen molar-refractivity contribution in [2.24, 2.45) is 5.92 Å². The maximum atomic E-state index is 13.3. The Morgan fingerprint density at radius 3 is 2.28 bits per heavy atom. The van der Waals surface area contributed by atoms with Crippen molar-refractivity contribution in [3.8, 4) is 0 Å². The van der Waals surface area contributed by atoms with Gasteiger partial charge in [-0.1, -0.05) is 66.8 Å². The average molecular weight is 577 g/mol. The van der Waals surface area contributed by atoms with E-state index >= 15 is 0 Å². The third-order valence-electron chi connectivity index (χ3n) is 5.48. The van der Waals surface area contributed by atoms with E-state index in [0.29, 0.717) is 22.2 Å². The minimum absolute atomic E-state index is 0.0104. The SMILES string of the molecule is CC(C)CNC(=O)C(C)N(Cc1ccccc1Cl)C(=O)CCCN(c1cc(Cl)ccc1Cl)S(C)(=O)=O. The molecule has 0 fully saturated rings. The maximum Gasteiger partial charge on any atom is 0.242 e. The average Bonchev–Trinajstić information content (AvgIpc) is 2.80. The highest BCUT2D eigenvalue weighted by Crippen LogP contribution is 2.31. The third-order valence-corrected chi connectivity index (χ3v) is 7.58. The van der Waals surface area contributed by atoms with E-state index in [2.05, 4.69) is 5.32 Å². The molecule has 1 N–H and O–H groups in total. The van der Waals surface area contributed by atoms with Crippen molar-refractivity contribution in [2.45, 2.75) is 46.2 Å². The summed E-state index contributed by atoms with van der Waals surface area (Å²) in [6.07, 6.45) is 1.28. The minimum atomic E-state index is -3.69. The Hall–Kier alpha value is -2.00. The van der Waals surface area contributed by atoms with Gasteiger partial charge in [-0.05, 0) is 49.1 Å². The summed E-state index contributed by atoms with van der Waals surface area (Å²) in [5.74, 6) is -0.311. The summed E-state index contributed by atoms with van der Waals surface area (Å²) in [5, 5.41) is 3.92. The molecule has 1 atom stereocenters. The molecule has 0 radical (unpaired) electrons. The van der Waals surface area contributed by atoms with E-state index in [1.54, 1.807) is 31.2 Å². The van der Waals surface area contributed by atoms with E-state index in [9.17, 15) is 18.0 Å². The lowest BCUT2D eigenvalue weighted by atomic mass is 10.1. The molecule has 11 heteroatoms. The fraction of sp³-hybridized carbons (Fsp3) is 0.440. The lowest BCUT2D eigenvalue weighted by Crippen LogP contribution is -2.48. The number of carbonyl (C=O) groups is 2. The molecular weight excluding hydrogens is 545 g/mol. The quantitative estimate of drug-likeness (QED) is 0.367. The van der Waals surface area contributed by atoms with Gasteiger partial charge in [0.05, 0.1) is 17.0 Å². The Morgan fingerprint density at radius 2 is 1.67 bits per heavy atom. The van der Waals surface area contributed by atoms with Crippen molar-refractivity contribution in [3.05, 3.63) is 63.1 Å². The number of amides is 2. The molecule has 0 spiro atoms. The highest BCUT2D eigenvalue weighted by Gasteiger charge is 2.27. The van der Waals surface area contributed by atoms with E-state index < -0.39 is 16.1 Å². The van der Waals surface area contributed by atoms with Crippen LogP contribution in [0.15, 0.2) is 42.5 Å². The lowest BCUT2D eigenvalue weighted by molar-refractivity contribution is -0.140. The number of benzene rings is 2. The minimum Gasteiger partial charge on any atom is -0.354 e. The molecule has 2 aromatic rings. The van der Waals surface area contributed by atoms with Crippen molar-refractivity contribution < 1.29 is 18.0 Å². The van der Waals surface area contributed by atoms with Crippen LogP contribution in [0.25, 0.3) is 0 Å². The summed E-state index contributed by atoms with van der Waals surface area (Å²) in [7, 11) is -3.69. The second-order valence-corrected chi connectivity index (χ2v) is 12.1. The van der Waals surface area contributed by atoms with Crippen molar-refractivity contribution in [3.63, 3.8) is 0 Å². The lowest BCUT2D eigenvalue weighted by Gasteiger charge is -2.30. The second kappa shape index (κ2) is 13.5. The Kier molecular flexibility index (Phi) is 11.3. The Labute approximate surface area is 228 Å². The Bertz CT molecular complexity index is 1170. The van der Waals surface area contributed by atoms with E-state index in [0.717, 1.165) is 10.6 Å². The molecule has 0 aliphatic carbocycles. The first kappa shape index (κ1) is 30.2. The number of hydrogen-bond acceptors (Lipinski definition) is 4. The summed E-state index contributed by atoms with van der Waals surface area (Å²) in [6, 6.07) is 10.9. The number of halogens is 3.